The van der Waals surface area contributed by atoms with E-state index in [4.69, 9.17) is 16.3 Å². The lowest BCUT2D eigenvalue weighted by molar-refractivity contribution is 0.306. The lowest BCUT2D eigenvalue weighted by atomic mass is 9.94. The van der Waals surface area contributed by atoms with Gasteiger partial charge in [0.05, 0.1) is 11.6 Å². The van der Waals surface area contributed by atoms with E-state index in [9.17, 15) is 0 Å². The van der Waals surface area contributed by atoms with Crippen molar-refractivity contribution < 1.29 is 4.74 Å². The predicted octanol–water partition coefficient (Wildman–Crippen LogP) is 8.43. The van der Waals surface area contributed by atoms with Crippen LogP contribution in [0.1, 0.15) is 36.0 Å². The number of aryl methyl sites for hydroxylation is 1. The molecule has 1 atom stereocenters. The van der Waals surface area contributed by atoms with E-state index in [2.05, 4.69) is 88.8 Å². The van der Waals surface area contributed by atoms with Gasteiger partial charge in [0.1, 0.15) is 23.2 Å². The molecule has 5 rings (SSSR count). The van der Waals surface area contributed by atoms with Gasteiger partial charge < -0.3 is 4.74 Å². The normalized spacial score (nSPS) is 13.4. The molecule has 4 nitrogen and oxygen atoms in total. The van der Waals surface area contributed by atoms with Gasteiger partial charge in [-0.25, -0.2) is 0 Å². The van der Waals surface area contributed by atoms with Crippen molar-refractivity contribution in [2.75, 3.05) is 6.54 Å². The van der Waals surface area contributed by atoms with Crippen LogP contribution in [-0.4, -0.2) is 12.3 Å². The van der Waals surface area contributed by atoms with Crippen molar-refractivity contribution in [3.63, 3.8) is 0 Å². The van der Waals surface area contributed by atoms with Gasteiger partial charge in [-0.1, -0.05) is 60.0 Å². The van der Waals surface area contributed by atoms with E-state index in [1.54, 1.807) is 11.3 Å². The Morgan fingerprint density at radius 3 is 2.66 bits per heavy atom. The van der Waals surface area contributed by atoms with Crippen LogP contribution in [0.3, 0.4) is 0 Å². The minimum atomic E-state index is 0.0712. The molecule has 1 aliphatic rings. The molecule has 0 unspecified atom stereocenters. The lowest BCUT2D eigenvalue weighted by Gasteiger charge is -2.12. The predicted molar refractivity (Wildman–Crippen MR) is 146 cm³/mol. The molecule has 1 aliphatic heterocycles. The van der Waals surface area contributed by atoms with E-state index in [-0.39, 0.29) is 5.92 Å². The number of benzene rings is 3. The highest BCUT2D eigenvalue weighted by atomic mass is 35.5. The summed E-state index contributed by atoms with van der Waals surface area (Å²) >= 11 is 8.29. The maximum atomic E-state index is 6.68. The Bertz CT molecular complexity index is 1490. The van der Waals surface area contributed by atoms with E-state index < -0.39 is 0 Å². The highest BCUT2D eigenvalue weighted by Crippen LogP contribution is 2.43. The maximum Gasteiger partial charge on any atom is 0.119 e. The first kappa shape index (κ1) is 23.3. The third kappa shape index (κ3) is 5.14. The van der Waals surface area contributed by atoms with Crippen LogP contribution < -0.4 is 4.74 Å². The summed E-state index contributed by atoms with van der Waals surface area (Å²) in [6.07, 6.45) is 0.737. The summed E-state index contributed by atoms with van der Waals surface area (Å²) in [5, 5.41) is 12.9. The molecule has 0 fully saturated rings. The molecule has 0 saturated heterocycles. The molecular weight excluding hydrogens is 474 g/mol. The lowest BCUT2D eigenvalue weighted by Crippen LogP contribution is -2.07. The van der Waals surface area contributed by atoms with Crippen molar-refractivity contribution in [2.45, 2.75) is 32.8 Å². The summed E-state index contributed by atoms with van der Waals surface area (Å²) in [6.45, 7) is 5.02. The van der Waals surface area contributed by atoms with Gasteiger partial charge in [-0.15, -0.1) is 22.4 Å². The maximum absolute atomic E-state index is 6.68. The highest BCUT2D eigenvalue weighted by molar-refractivity contribution is 7.23. The van der Waals surface area contributed by atoms with E-state index in [1.807, 2.05) is 19.1 Å². The molecule has 0 radical (unpaired) electrons. The molecule has 2 heterocycles. The average molecular weight is 498 g/mol. The van der Waals surface area contributed by atoms with Crippen LogP contribution in [0.15, 0.2) is 82.2 Å². The van der Waals surface area contributed by atoms with Gasteiger partial charge in [-0.3, -0.25) is 0 Å². The Kier molecular flexibility index (Phi) is 6.94. The molecule has 0 spiro atoms. The molecule has 174 valence electrons. The molecule has 0 bridgehead atoms. The zero-order valence-corrected chi connectivity index (χ0v) is 21.2. The second kappa shape index (κ2) is 10.4. The monoisotopic (exact) mass is 497 g/mol. The zero-order chi connectivity index (χ0) is 24.2. The number of fused-ring (bicyclic) bond motifs is 1. The SMILES string of the molecule is CC#C[C@@H](CC1=NN=NC1)c1ccc(OCc2ccc3sc(Cl)c(-c4ccccc4C)c3c2)cc1. The van der Waals surface area contributed by atoms with Gasteiger partial charge in [0.15, 0.2) is 0 Å². The van der Waals surface area contributed by atoms with Gasteiger partial charge in [0, 0.05) is 22.1 Å². The molecule has 0 aliphatic carbocycles. The van der Waals surface area contributed by atoms with E-state index in [0.717, 1.165) is 38.9 Å². The second-order valence-electron chi connectivity index (χ2n) is 8.46. The summed E-state index contributed by atoms with van der Waals surface area (Å²) in [6, 6.07) is 23.0. The third-order valence-electron chi connectivity index (χ3n) is 6.07. The minimum Gasteiger partial charge on any atom is -0.489 e. The molecule has 35 heavy (non-hydrogen) atoms. The summed E-state index contributed by atoms with van der Waals surface area (Å²) < 4.78 is 8.12. The third-order valence-corrected chi connectivity index (χ3v) is 7.45. The average Bonchev–Trinajstić information content (AvgIpc) is 3.50. The van der Waals surface area contributed by atoms with Gasteiger partial charge in [-0.2, -0.15) is 5.11 Å². The van der Waals surface area contributed by atoms with Crippen molar-refractivity contribution in [1.29, 1.82) is 0 Å². The quantitative estimate of drug-likeness (QED) is 0.236. The van der Waals surface area contributed by atoms with Crippen molar-refractivity contribution >= 4 is 38.7 Å². The van der Waals surface area contributed by atoms with Crippen molar-refractivity contribution in [2.24, 2.45) is 15.4 Å². The number of rotatable bonds is 7. The Morgan fingerprint density at radius 2 is 1.91 bits per heavy atom. The summed E-state index contributed by atoms with van der Waals surface area (Å²) in [5.41, 5.74) is 6.70. The van der Waals surface area contributed by atoms with Crippen LogP contribution in [0.4, 0.5) is 0 Å². The molecule has 6 heteroatoms. The van der Waals surface area contributed by atoms with E-state index in [1.165, 1.54) is 21.2 Å². The van der Waals surface area contributed by atoms with Crippen LogP contribution in [-0.2, 0) is 6.61 Å². The first-order valence-corrected chi connectivity index (χ1v) is 12.7. The van der Waals surface area contributed by atoms with Crippen LogP contribution in [0.25, 0.3) is 21.2 Å². The Balaban J connectivity index is 1.32. The molecular formula is C29H24ClN3OS. The molecule has 4 aromatic rings. The van der Waals surface area contributed by atoms with Crippen LogP contribution in [0.2, 0.25) is 4.34 Å². The van der Waals surface area contributed by atoms with E-state index in [0.29, 0.717) is 13.2 Å². The number of thiophene rings is 1. The molecule has 0 N–H and O–H groups in total. The number of hydrogen-bond acceptors (Lipinski definition) is 5. The fraction of sp³-hybridized carbons (Fsp3) is 0.207. The Hall–Kier alpha value is -3.46. The topological polar surface area (TPSA) is 46.3 Å². The fourth-order valence-electron chi connectivity index (χ4n) is 4.28. The van der Waals surface area contributed by atoms with Gasteiger partial charge in [-0.05, 0) is 65.6 Å². The Labute approximate surface area is 214 Å². The minimum absolute atomic E-state index is 0.0712. The molecule has 1 aromatic heterocycles. The number of nitrogens with zero attached hydrogens (tertiary/aromatic N) is 3. The number of halogens is 1. The van der Waals surface area contributed by atoms with Crippen LogP contribution in [0, 0.1) is 18.8 Å². The van der Waals surface area contributed by atoms with Crippen molar-refractivity contribution in [3.8, 4) is 28.7 Å². The van der Waals surface area contributed by atoms with Gasteiger partial charge >= 0.3 is 0 Å². The first-order valence-electron chi connectivity index (χ1n) is 11.5. The van der Waals surface area contributed by atoms with Crippen molar-refractivity contribution in [1.82, 2.24) is 0 Å². The molecule has 0 saturated carbocycles. The summed E-state index contributed by atoms with van der Waals surface area (Å²) in [4.78, 5) is 0. The van der Waals surface area contributed by atoms with Gasteiger partial charge in [0.25, 0.3) is 0 Å². The summed E-state index contributed by atoms with van der Waals surface area (Å²) in [7, 11) is 0. The second-order valence-corrected chi connectivity index (χ2v) is 10.1. The Morgan fingerprint density at radius 1 is 1.09 bits per heavy atom. The van der Waals surface area contributed by atoms with Crippen molar-refractivity contribution in [3.05, 3.63) is 87.8 Å². The standard InChI is InChI=1S/C29H24ClN3OS/c1-3-6-22(16-23-17-31-33-32-23)21-10-12-24(13-11-21)34-18-20-9-14-27-26(15-20)28(29(30)35-27)25-8-5-4-7-19(25)2/h4-5,7-15,22H,16-18H2,1-2H3/t22-/m0/s1. The fourth-order valence-corrected chi connectivity index (χ4v) is 5.65. The molecule has 0 amide bonds. The van der Waals surface area contributed by atoms with Gasteiger partial charge in [0.2, 0.25) is 0 Å². The molecule has 3 aromatic carbocycles. The first-order chi connectivity index (χ1) is 17.1. The van der Waals surface area contributed by atoms with Crippen LogP contribution >= 0.6 is 22.9 Å². The number of ether oxygens (including phenoxy) is 1. The highest BCUT2D eigenvalue weighted by Gasteiger charge is 2.16. The number of hydrogen-bond donors (Lipinski definition) is 0. The smallest absolute Gasteiger partial charge is 0.119 e. The zero-order valence-electron chi connectivity index (χ0n) is 19.6. The van der Waals surface area contributed by atoms with E-state index >= 15 is 0 Å². The largest absolute Gasteiger partial charge is 0.489 e. The van der Waals surface area contributed by atoms with Crippen LogP contribution in [0.5, 0.6) is 5.75 Å². The summed E-state index contributed by atoms with van der Waals surface area (Å²) in [5.74, 6) is 7.20.